The number of phenols is 2. The first-order chi connectivity index (χ1) is 13.5. The fourth-order valence-corrected chi connectivity index (χ4v) is 3.47. The molecule has 3 rings (SSSR count). The van der Waals surface area contributed by atoms with E-state index in [1.807, 2.05) is 24.3 Å². The highest BCUT2D eigenvalue weighted by molar-refractivity contribution is 6.53. The highest BCUT2D eigenvalue weighted by atomic mass is 16.3. The molecule has 2 aromatic carbocycles. The molecule has 0 saturated carbocycles. The zero-order valence-electron chi connectivity index (χ0n) is 16.1. The Hall–Kier alpha value is -2.95. The Labute approximate surface area is 164 Å². The number of phenolic OH excluding ortho intramolecular Hbond substituents is 2. The van der Waals surface area contributed by atoms with Crippen LogP contribution in [0.15, 0.2) is 41.4 Å². The van der Waals surface area contributed by atoms with Crippen LogP contribution in [-0.4, -0.2) is 27.5 Å². The van der Waals surface area contributed by atoms with Crippen molar-refractivity contribution in [2.24, 2.45) is 4.99 Å². The van der Waals surface area contributed by atoms with Crippen molar-refractivity contribution in [2.45, 2.75) is 51.9 Å². The molecule has 0 aliphatic heterocycles. The molecule has 0 aromatic heterocycles. The van der Waals surface area contributed by atoms with Crippen molar-refractivity contribution in [3.05, 3.63) is 53.1 Å². The van der Waals surface area contributed by atoms with E-state index in [1.54, 1.807) is 0 Å². The SMILES string of the molecule is CCCCCCCc1ccc(N=C2CC(=O)c3c(O)ccc(O)c3C2=O)cc1. The second kappa shape index (κ2) is 8.83. The summed E-state index contributed by atoms with van der Waals surface area (Å²) in [5, 5.41) is 19.9. The maximum Gasteiger partial charge on any atom is 0.212 e. The van der Waals surface area contributed by atoms with Gasteiger partial charge in [-0.1, -0.05) is 44.7 Å². The largest absolute Gasteiger partial charge is 0.507 e. The van der Waals surface area contributed by atoms with Gasteiger partial charge in [0.05, 0.1) is 28.9 Å². The quantitative estimate of drug-likeness (QED) is 0.514. The zero-order chi connectivity index (χ0) is 20.1. The van der Waals surface area contributed by atoms with Crippen LogP contribution in [0.25, 0.3) is 0 Å². The first kappa shape index (κ1) is 19.8. The van der Waals surface area contributed by atoms with Crippen LogP contribution in [0.3, 0.4) is 0 Å². The molecule has 1 aliphatic carbocycles. The first-order valence-corrected chi connectivity index (χ1v) is 9.80. The van der Waals surface area contributed by atoms with E-state index in [4.69, 9.17) is 0 Å². The highest BCUT2D eigenvalue weighted by Crippen LogP contribution is 2.34. The fraction of sp³-hybridized carbons (Fsp3) is 0.348. The Morgan fingerprint density at radius 3 is 2.18 bits per heavy atom. The van der Waals surface area contributed by atoms with Crippen LogP contribution in [0.2, 0.25) is 0 Å². The molecule has 5 heteroatoms. The number of aromatic hydroxyl groups is 2. The molecule has 0 amide bonds. The third-order valence-corrected chi connectivity index (χ3v) is 5.03. The molecule has 0 bridgehead atoms. The van der Waals surface area contributed by atoms with Crippen LogP contribution < -0.4 is 0 Å². The van der Waals surface area contributed by atoms with Gasteiger partial charge < -0.3 is 10.2 Å². The number of unbranched alkanes of at least 4 members (excludes halogenated alkanes) is 4. The second-order valence-electron chi connectivity index (χ2n) is 7.17. The summed E-state index contributed by atoms with van der Waals surface area (Å²) in [5.41, 5.74) is 1.60. The summed E-state index contributed by atoms with van der Waals surface area (Å²) >= 11 is 0. The monoisotopic (exact) mass is 379 g/mol. The lowest BCUT2D eigenvalue weighted by Crippen LogP contribution is -2.27. The molecule has 1 aliphatic rings. The van der Waals surface area contributed by atoms with E-state index >= 15 is 0 Å². The van der Waals surface area contributed by atoms with Crippen molar-refractivity contribution in [2.75, 3.05) is 0 Å². The fourth-order valence-electron chi connectivity index (χ4n) is 3.47. The maximum absolute atomic E-state index is 12.7. The van der Waals surface area contributed by atoms with Crippen LogP contribution in [0.5, 0.6) is 11.5 Å². The average molecular weight is 379 g/mol. The van der Waals surface area contributed by atoms with Gasteiger partial charge >= 0.3 is 0 Å². The summed E-state index contributed by atoms with van der Waals surface area (Å²) in [6, 6.07) is 10.1. The van der Waals surface area contributed by atoms with Gasteiger partial charge in [-0.05, 0) is 42.7 Å². The van der Waals surface area contributed by atoms with E-state index in [-0.39, 0.29) is 34.8 Å². The molecule has 0 fully saturated rings. The number of nitrogens with zero attached hydrogens (tertiary/aromatic N) is 1. The van der Waals surface area contributed by atoms with Gasteiger partial charge in [0.1, 0.15) is 11.5 Å². The number of hydrogen-bond donors (Lipinski definition) is 2. The average Bonchev–Trinajstić information content (AvgIpc) is 2.68. The van der Waals surface area contributed by atoms with Gasteiger partial charge in [-0.3, -0.25) is 9.59 Å². The normalized spacial score (nSPS) is 15.1. The van der Waals surface area contributed by atoms with Gasteiger partial charge in [-0.2, -0.15) is 0 Å². The summed E-state index contributed by atoms with van der Waals surface area (Å²) in [7, 11) is 0. The van der Waals surface area contributed by atoms with E-state index in [9.17, 15) is 19.8 Å². The van der Waals surface area contributed by atoms with Crippen LogP contribution in [0, 0.1) is 0 Å². The van der Waals surface area contributed by atoms with Crippen molar-refractivity contribution < 1.29 is 19.8 Å². The van der Waals surface area contributed by atoms with Crippen LogP contribution in [0.1, 0.15) is 71.7 Å². The lowest BCUT2D eigenvalue weighted by Gasteiger charge is -2.17. The van der Waals surface area contributed by atoms with E-state index in [0.29, 0.717) is 5.69 Å². The number of aryl methyl sites for hydroxylation is 1. The summed E-state index contributed by atoms with van der Waals surface area (Å²) in [6.45, 7) is 2.20. The molecule has 2 N–H and O–H groups in total. The molecule has 146 valence electrons. The molecule has 0 radical (unpaired) electrons. The van der Waals surface area contributed by atoms with Crippen LogP contribution in [-0.2, 0) is 6.42 Å². The van der Waals surface area contributed by atoms with Gasteiger partial charge in [0.15, 0.2) is 5.78 Å². The van der Waals surface area contributed by atoms with E-state index in [0.717, 1.165) is 12.8 Å². The van der Waals surface area contributed by atoms with Gasteiger partial charge in [0.25, 0.3) is 0 Å². The Morgan fingerprint density at radius 1 is 0.857 bits per heavy atom. The molecule has 28 heavy (non-hydrogen) atoms. The molecule has 2 aromatic rings. The van der Waals surface area contributed by atoms with E-state index < -0.39 is 11.6 Å². The molecule has 0 saturated heterocycles. The molecule has 0 heterocycles. The van der Waals surface area contributed by atoms with Gasteiger partial charge in [0.2, 0.25) is 5.78 Å². The minimum absolute atomic E-state index is 0.0747. The van der Waals surface area contributed by atoms with E-state index in [2.05, 4.69) is 11.9 Å². The number of aliphatic imine (C=N–C) groups is 1. The molecular weight excluding hydrogens is 354 g/mol. The van der Waals surface area contributed by atoms with Crippen molar-refractivity contribution in [3.8, 4) is 11.5 Å². The summed E-state index contributed by atoms with van der Waals surface area (Å²) < 4.78 is 0. The van der Waals surface area contributed by atoms with Gasteiger partial charge in [-0.15, -0.1) is 0 Å². The zero-order valence-corrected chi connectivity index (χ0v) is 16.1. The molecule has 0 atom stereocenters. The Balaban J connectivity index is 1.74. The number of benzene rings is 2. The maximum atomic E-state index is 12.7. The first-order valence-electron chi connectivity index (χ1n) is 9.80. The van der Waals surface area contributed by atoms with Gasteiger partial charge in [0, 0.05) is 0 Å². The number of hydrogen-bond acceptors (Lipinski definition) is 5. The minimum Gasteiger partial charge on any atom is -0.507 e. The second-order valence-corrected chi connectivity index (χ2v) is 7.17. The highest BCUT2D eigenvalue weighted by Gasteiger charge is 2.34. The number of carbonyl (C=O) groups is 2. The number of fused-ring (bicyclic) bond motifs is 1. The van der Waals surface area contributed by atoms with Crippen molar-refractivity contribution in [3.63, 3.8) is 0 Å². The lowest BCUT2D eigenvalue weighted by molar-refractivity contribution is 0.0960. The van der Waals surface area contributed by atoms with Crippen LogP contribution >= 0.6 is 0 Å². The Morgan fingerprint density at radius 2 is 1.50 bits per heavy atom. The minimum atomic E-state index is -0.525. The Kier molecular flexibility index (Phi) is 6.24. The van der Waals surface area contributed by atoms with Crippen molar-refractivity contribution in [1.29, 1.82) is 0 Å². The van der Waals surface area contributed by atoms with Crippen molar-refractivity contribution in [1.82, 2.24) is 0 Å². The van der Waals surface area contributed by atoms with Gasteiger partial charge in [-0.25, -0.2) is 4.99 Å². The van der Waals surface area contributed by atoms with Crippen LogP contribution in [0.4, 0.5) is 5.69 Å². The predicted molar refractivity (Wildman–Crippen MR) is 109 cm³/mol. The number of Topliss-reactive ketones (excluding diaryl/α,β-unsaturated/α-hetero) is 2. The summed E-state index contributed by atoms with van der Waals surface area (Å²) in [6.07, 6.45) is 6.98. The summed E-state index contributed by atoms with van der Waals surface area (Å²) in [5.74, 6) is -1.57. The Bertz CT molecular complexity index is 913. The molecular formula is C23H25NO4. The topological polar surface area (TPSA) is 87.0 Å². The van der Waals surface area contributed by atoms with Crippen molar-refractivity contribution >= 4 is 23.0 Å². The third kappa shape index (κ3) is 4.30. The molecule has 0 spiro atoms. The molecule has 5 nitrogen and oxygen atoms in total. The third-order valence-electron chi connectivity index (χ3n) is 5.03. The number of rotatable bonds is 7. The van der Waals surface area contributed by atoms with E-state index in [1.165, 1.54) is 43.4 Å². The lowest BCUT2D eigenvalue weighted by atomic mass is 9.86. The smallest absolute Gasteiger partial charge is 0.212 e. The summed E-state index contributed by atoms with van der Waals surface area (Å²) in [4.78, 5) is 29.4. The molecule has 0 unspecified atom stereocenters. The standard InChI is InChI=1S/C23H25NO4/c1-2-3-4-5-6-7-15-8-10-16(11-9-15)24-17-14-20(27)21-18(25)12-13-19(26)22(21)23(17)28/h8-13,25-26H,2-7,14H2,1H3. The number of ketones is 2. The number of carbonyl (C=O) groups excluding carboxylic acids is 2. The predicted octanol–water partition coefficient (Wildman–Crippen LogP) is 5.15.